The van der Waals surface area contributed by atoms with Gasteiger partial charge in [-0.15, -0.1) is 0 Å². The van der Waals surface area contributed by atoms with E-state index < -0.39 is 10.0 Å². The van der Waals surface area contributed by atoms with Crippen molar-refractivity contribution in [2.75, 3.05) is 13.1 Å². The van der Waals surface area contributed by atoms with Gasteiger partial charge < -0.3 is 4.90 Å². The third-order valence-electron chi connectivity index (χ3n) is 3.00. The highest BCUT2D eigenvalue weighted by Gasteiger charge is 2.18. The standard InChI is InChI=1S/C12H15N3O3S/c1-9-4-6-15(7-5-9)12(16)10-2-3-11(14-8-10)19(13,17)18/h2-4,8H,5-7H2,1H3,(H2,13,17,18). The van der Waals surface area contributed by atoms with Gasteiger partial charge in [0, 0.05) is 19.3 Å². The maximum atomic E-state index is 12.1. The zero-order valence-electron chi connectivity index (χ0n) is 10.5. The number of nitrogens with zero attached hydrogens (tertiary/aromatic N) is 2. The maximum Gasteiger partial charge on any atom is 0.255 e. The number of primary sulfonamides is 1. The first-order valence-corrected chi connectivity index (χ1v) is 7.36. The number of carbonyl (C=O) groups is 1. The summed E-state index contributed by atoms with van der Waals surface area (Å²) in [4.78, 5) is 17.5. The number of aromatic nitrogens is 1. The molecule has 0 aliphatic carbocycles. The molecule has 0 saturated carbocycles. The molecule has 1 aromatic rings. The van der Waals surface area contributed by atoms with Gasteiger partial charge in [0.25, 0.3) is 15.9 Å². The van der Waals surface area contributed by atoms with Crippen molar-refractivity contribution in [3.05, 3.63) is 35.5 Å². The van der Waals surface area contributed by atoms with Crippen LogP contribution >= 0.6 is 0 Å². The lowest BCUT2D eigenvalue weighted by atomic mass is 10.1. The van der Waals surface area contributed by atoms with Crippen LogP contribution in [-0.4, -0.2) is 37.3 Å². The first-order valence-electron chi connectivity index (χ1n) is 5.81. The SMILES string of the molecule is CC1=CCN(C(=O)c2ccc(S(N)(=O)=O)nc2)CC1. The predicted molar refractivity (Wildman–Crippen MR) is 69.9 cm³/mol. The van der Waals surface area contributed by atoms with Crippen LogP contribution < -0.4 is 5.14 Å². The van der Waals surface area contributed by atoms with Crippen LogP contribution in [0.15, 0.2) is 35.0 Å². The topological polar surface area (TPSA) is 93.4 Å². The van der Waals surface area contributed by atoms with Crippen LogP contribution in [0, 0.1) is 0 Å². The third kappa shape index (κ3) is 3.18. The quantitative estimate of drug-likeness (QED) is 0.800. The average molecular weight is 281 g/mol. The average Bonchev–Trinajstić information content (AvgIpc) is 2.38. The summed E-state index contributed by atoms with van der Waals surface area (Å²) in [6.07, 6.45) is 4.11. The van der Waals surface area contributed by atoms with Crippen molar-refractivity contribution >= 4 is 15.9 Å². The van der Waals surface area contributed by atoms with Gasteiger partial charge in [-0.25, -0.2) is 18.5 Å². The molecule has 0 fully saturated rings. The third-order valence-corrected chi connectivity index (χ3v) is 3.82. The summed E-state index contributed by atoms with van der Waals surface area (Å²) in [5.74, 6) is -0.155. The summed E-state index contributed by atoms with van der Waals surface area (Å²) < 4.78 is 22.1. The first-order chi connectivity index (χ1) is 8.88. The number of rotatable bonds is 2. The van der Waals surface area contributed by atoms with Gasteiger partial charge in [-0.3, -0.25) is 4.79 Å². The molecule has 2 heterocycles. The lowest BCUT2D eigenvalue weighted by Crippen LogP contribution is -2.34. The van der Waals surface area contributed by atoms with Gasteiger partial charge in [-0.05, 0) is 25.5 Å². The monoisotopic (exact) mass is 281 g/mol. The summed E-state index contributed by atoms with van der Waals surface area (Å²) in [5, 5.41) is 4.71. The van der Waals surface area contributed by atoms with Crippen LogP contribution in [0.3, 0.4) is 0 Å². The van der Waals surface area contributed by atoms with Crippen LogP contribution in [-0.2, 0) is 10.0 Å². The molecule has 0 saturated heterocycles. The van der Waals surface area contributed by atoms with E-state index in [2.05, 4.69) is 4.98 Å². The maximum absolute atomic E-state index is 12.1. The molecule has 0 spiro atoms. The number of pyridine rings is 1. The Morgan fingerprint density at radius 3 is 2.63 bits per heavy atom. The molecular weight excluding hydrogens is 266 g/mol. The molecule has 2 N–H and O–H groups in total. The van der Waals surface area contributed by atoms with Crippen LogP contribution in [0.5, 0.6) is 0 Å². The minimum atomic E-state index is -3.82. The van der Waals surface area contributed by atoms with E-state index >= 15 is 0 Å². The zero-order chi connectivity index (χ0) is 14.0. The Labute approximate surface area is 112 Å². The van der Waals surface area contributed by atoms with Gasteiger partial charge in [0.05, 0.1) is 5.56 Å². The molecule has 19 heavy (non-hydrogen) atoms. The first kappa shape index (κ1) is 13.7. The second kappa shape index (κ2) is 5.10. The summed E-state index contributed by atoms with van der Waals surface area (Å²) in [7, 11) is -3.82. The molecule has 1 amide bonds. The van der Waals surface area contributed by atoms with Crippen molar-refractivity contribution in [2.45, 2.75) is 18.4 Å². The second-order valence-electron chi connectivity index (χ2n) is 4.48. The van der Waals surface area contributed by atoms with Crippen LogP contribution in [0.1, 0.15) is 23.7 Å². The molecule has 1 aromatic heterocycles. The molecular formula is C12H15N3O3S. The second-order valence-corrected chi connectivity index (χ2v) is 5.99. The van der Waals surface area contributed by atoms with Crippen molar-refractivity contribution < 1.29 is 13.2 Å². The van der Waals surface area contributed by atoms with Crippen LogP contribution in [0.4, 0.5) is 0 Å². The smallest absolute Gasteiger partial charge is 0.255 e. The van der Waals surface area contributed by atoms with E-state index in [9.17, 15) is 13.2 Å². The Morgan fingerprint density at radius 1 is 1.42 bits per heavy atom. The predicted octanol–water partition coefficient (Wildman–Crippen LogP) is 0.521. The molecule has 0 bridgehead atoms. The Balaban J connectivity index is 2.17. The van der Waals surface area contributed by atoms with E-state index in [4.69, 9.17) is 5.14 Å². The Kier molecular flexibility index (Phi) is 3.68. The number of hydrogen-bond donors (Lipinski definition) is 1. The normalized spacial score (nSPS) is 16.1. The number of carbonyl (C=O) groups excluding carboxylic acids is 1. The minimum Gasteiger partial charge on any atom is -0.335 e. The van der Waals surface area contributed by atoms with E-state index in [-0.39, 0.29) is 10.9 Å². The molecule has 0 atom stereocenters. The lowest BCUT2D eigenvalue weighted by Gasteiger charge is -2.25. The number of amides is 1. The Hall–Kier alpha value is -1.73. The van der Waals surface area contributed by atoms with Crippen molar-refractivity contribution in [3.8, 4) is 0 Å². The fourth-order valence-electron chi connectivity index (χ4n) is 1.81. The van der Waals surface area contributed by atoms with E-state index in [1.165, 1.54) is 23.9 Å². The van der Waals surface area contributed by atoms with Crippen LogP contribution in [0.25, 0.3) is 0 Å². The van der Waals surface area contributed by atoms with Crippen LogP contribution in [0.2, 0.25) is 0 Å². The highest BCUT2D eigenvalue weighted by atomic mass is 32.2. The van der Waals surface area contributed by atoms with Crippen molar-refractivity contribution in [1.82, 2.24) is 9.88 Å². The summed E-state index contributed by atoms with van der Waals surface area (Å²) in [6, 6.07) is 2.67. The van der Waals surface area contributed by atoms with Crippen molar-refractivity contribution in [1.29, 1.82) is 0 Å². The molecule has 2 rings (SSSR count). The highest BCUT2D eigenvalue weighted by molar-refractivity contribution is 7.89. The van der Waals surface area contributed by atoms with Gasteiger partial charge in [-0.2, -0.15) is 0 Å². The molecule has 102 valence electrons. The van der Waals surface area contributed by atoms with Gasteiger partial charge in [-0.1, -0.05) is 11.6 Å². The van der Waals surface area contributed by atoms with Crippen molar-refractivity contribution in [3.63, 3.8) is 0 Å². The van der Waals surface area contributed by atoms with Crippen molar-refractivity contribution in [2.24, 2.45) is 5.14 Å². The minimum absolute atomic E-state index is 0.155. The molecule has 6 nitrogen and oxygen atoms in total. The Morgan fingerprint density at radius 2 is 2.16 bits per heavy atom. The Bertz CT molecular complexity index is 620. The summed E-state index contributed by atoms with van der Waals surface area (Å²) in [6.45, 7) is 3.27. The number of sulfonamides is 1. The summed E-state index contributed by atoms with van der Waals surface area (Å²) in [5.41, 5.74) is 1.63. The fraction of sp³-hybridized carbons (Fsp3) is 0.333. The van der Waals surface area contributed by atoms with Gasteiger partial charge in [0.15, 0.2) is 5.03 Å². The van der Waals surface area contributed by atoms with Gasteiger partial charge in [0.2, 0.25) is 0 Å². The summed E-state index contributed by atoms with van der Waals surface area (Å²) >= 11 is 0. The fourth-order valence-corrected chi connectivity index (χ4v) is 2.27. The number of hydrogen-bond acceptors (Lipinski definition) is 4. The molecule has 1 aliphatic rings. The van der Waals surface area contributed by atoms with E-state index in [1.807, 2.05) is 13.0 Å². The lowest BCUT2D eigenvalue weighted by molar-refractivity contribution is 0.0768. The van der Waals surface area contributed by atoms with E-state index in [1.54, 1.807) is 4.90 Å². The van der Waals surface area contributed by atoms with E-state index in [0.29, 0.717) is 18.7 Å². The molecule has 0 aromatic carbocycles. The molecule has 0 radical (unpaired) electrons. The molecule has 0 unspecified atom stereocenters. The molecule has 7 heteroatoms. The number of nitrogens with two attached hydrogens (primary N) is 1. The zero-order valence-corrected chi connectivity index (χ0v) is 11.4. The van der Waals surface area contributed by atoms with Gasteiger partial charge >= 0.3 is 0 Å². The molecule has 1 aliphatic heterocycles. The van der Waals surface area contributed by atoms with Gasteiger partial charge in [0.1, 0.15) is 0 Å². The largest absolute Gasteiger partial charge is 0.335 e. The van der Waals surface area contributed by atoms with E-state index in [0.717, 1.165) is 6.42 Å². The highest BCUT2D eigenvalue weighted by Crippen LogP contribution is 2.13.